The molecule has 0 amide bonds. The van der Waals surface area contributed by atoms with Crippen LogP contribution in [0.3, 0.4) is 0 Å². The summed E-state index contributed by atoms with van der Waals surface area (Å²) in [4.78, 5) is -0.114. The SMILES string of the molecule is Cl.NCCNS(=O)(=O)c1ccc(Br)c(F)c1. The molecule has 92 valence electrons. The Balaban J connectivity index is 0.00000225. The molecule has 0 bridgehead atoms. The van der Waals surface area contributed by atoms with E-state index in [0.29, 0.717) is 0 Å². The van der Waals surface area contributed by atoms with Crippen molar-refractivity contribution in [2.45, 2.75) is 4.90 Å². The lowest BCUT2D eigenvalue weighted by Crippen LogP contribution is -2.29. The molecular formula is C8H11BrClFN2O2S. The van der Waals surface area contributed by atoms with Gasteiger partial charge in [0.2, 0.25) is 10.0 Å². The third-order valence-electron chi connectivity index (χ3n) is 1.64. The largest absolute Gasteiger partial charge is 0.329 e. The first kappa shape index (κ1) is 15.8. The van der Waals surface area contributed by atoms with Gasteiger partial charge in [-0.05, 0) is 34.1 Å². The maximum Gasteiger partial charge on any atom is 0.240 e. The van der Waals surface area contributed by atoms with Gasteiger partial charge in [0, 0.05) is 13.1 Å². The molecule has 8 heteroatoms. The Hall–Kier alpha value is -0.210. The second kappa shape index (κ2) is 6.51. The Morgan fingerprint density at radius 1 is 1.44 bits per heavy atom. The zero-order chi connectivity index (χ0) is 11.5. The molecule has 0 atom stereocenters. The smallest absolute Gasteiger partial charge is 0.240 e. The van der Waals surface area contributed by atoms with Gasteiger partial charge in [-0.15, -0.1) is 12.4 Å². The van der Waals surface area contributed by atoms with Gasteiger partial charge in [0.15, 0.2) is 0 Å². The summed E-state index contributed by atoms with van der Waals surface area (Å²) in [5.41, 5.74) is 5.16. The van der Waals surface area contributed by atoms with Crippen molar-refractivity contribution in [3.8, 4) is 0 Å². The summed E-state index contributed by atoms with van der Waals surface area (Å²) in [6.45, 7) is 0.318. The van der Waals surface area contributed by atoms with E-state index in [2.05, 4.69) is 20.7 Å². The highest BCUT2D eigenvalue weighted by Gasteiger charge is 2.14. The average molecular weight is 334 g/mol. The van der Waals surface area contributed by atoms with Crippen LogP contribution in [0.2, 0.25) is 0 Å². The fraction of sp³-hybridized carbons (Fsp3) is 0.250. The number of sulfonamides is 1. The van der Waals surface area contributed by atoms with E-state index in [4.69, 9.17) is 5.73 Å². The van der Waals surface area contributed by atoms with Gasteiger partial charge in [0.1, 0.15) is 5.82 Å². The summed E-state index contributed by atoms with van der Waals surface area (Å²) in [7, 11) is -3.65. The van der Waals surface area contributed by atoms with E-state index in [-0.39, 0.29) is 34.9 Å². The molecule has 1 aromatic rings. The molecular weight excluding hydrogens is 323 g/mol. The Labute approximate surface area is 108 Å². The van der Waals surface area contributed by atoms with Crippen LogP contribution in [0.15, 0.2) is 27.6 Å². The van der Waals surface area contributed by atoms with Crippen LogP contribution in [0, 0.1) is 5.82 Å². The summed E-state index contributed by atoms with van der Waals surface area (Å²) in [5, 5.41) is 0. The summed E-state index contributed by atoms with van der Waals surface area (Å²) in [5.74, 6) is -0.620. The molecule has 16 heavy (non-hydrogen) atoms. The van der Waals surface area contributed by atoms with E-state index in [1.807, 2.05) is 0 Å². The van der Waals surface area contributed by atoms with E-state index in [1.54, 1.807) is 0 Å². The maximum absolute atomic E-state index is 13.1. The van der Waals surface area contributed by atoms with Gasteiger partial charge in [0.05, 0.1) is 9.37 Å². The van der Waals surface area contributed by atoms with Crippen molar-refractivity contribution >= 4 is 38.4 Å². The van der Waals surface area contributed by atoms with E-state index in [9.17, 15) is 12.8 Å². The molecule has 0 saturated carbocycles. The summed E-state index contributed by atoms with van der Waals surface area (Å²) >= 11 is 2.94. The van der Waals surface area contributed by atoms with Crippen molar-refractivity contribution < 1.29 is 12.8 Å². The molecule has 0 unspecified atom stereocenters. The highest BCUT2D eigenvalue weighted by Crippen LogP contribution is 2.18. The Kier molecular flexibility index (Phi) is 6.42. The lowest BCUT2D eigenvalue weighted by molar-refractivity contribution is 0.577. The zero-order valence-electron chi connectivity index (χ0n) is 8.11. The predicted molar refractivity (Wildman–Crippen MR) is 65.6 cm³/mol. The third kappa shape index (κ3) is 3.99. The van der Waals surface area contributed by atoms with Crippen LogP contribution in [-0.4, -0.2) is 21.5 Å². The van der Waals surface area contributed by atoms with Crippen molar-refractivity contribution in [2.75, 3.05) is 13.1 Å². The van der Waals surface area contributed by atoms with Crippen LogP contribution >= 0.6 is 28.3 Å². The van der Waals surface area contributed by atoms with Gasteiger partial charge in [-0.25, -0.2) is 17.5 Å². The van der Waals surface area contributed by atoms with Gasteiger partial charge in [0.25, 0.3) is 0 Å². The zero-order valence-corrected chi connectivity index (χ0v) is 11.3. The van der Waals surface area contributed by atoms with Crippen LogP contribution in [0.1, 0.15) is 0 Å². The molecule has 1 aromatic carbocycles. The maximum atomic E-state index is 13.1. The first-order chi connectivity index (χ1) is 6.97. The quantitative estimate of drug-likeness (QED) is 0.871. The minimum absolute atomic E-state index is 0. The van der Waals surface area contributed by atoms with Crippen LogP contribution in [-0.2, 0) is 10.0 Å². The van der Waals surface area contributed by atoms with Crippen molar-refractivity contribution in [3.05, 3.63) is 28.5 Å². The Bertz CT molecular complexity index is 455. The van der Waals surface area contributed by atoms with E-state index in [0.717, 1.165) is 6.07 Å². The normalized spacial score (nSPS) is 10.9. The van der Waals surface area contributed by atoms with Crippen LogP contribution < -0.4 is 10.5 Å². The summed E-state index contributed by atoms with van der Waals surface area (Å²) < 4.78 is 38.5. The van der Waals surface area contributed by atoms with Crippen LogP contribution in [0.25, 0.3) is 0 Å². The number of hydrogen-bond donors (Lipinski definition) is 2. The Morgan fingerprint density at radius 2 is 2.06 bits per heavy atom. The molecule has 4 nitrogen and oxygen atoms in total. The van der Waals surface area contributed by atoms with Crippen molar-refractivity contribution in [3.63, 3.8) is 0 Å². The first-order valence-electron chi connectivity index (χ1n) is 4.12. The number of benzene rings is 1. The second-order valence-corrected chi connectivity index (χ2v) is 5.38. The number of nitrogens with one attached hydrogen (secondary N) is 1. The standard InChI is InChI=1S/C8H10BrFN2O2S.ClH/c9-7-2-1-6(5-8(7)10)15(13,14)12-4-3-11;/h1-2,5,12H,3-4,11H2;1H. The lowest BCUT2D eigenvalue weighted by Gasteiger charge is -2.05. The number of halogens is 3. The Morgan fingerprint density at radius 3 is 2.56 bits per heavy atom. The lowest BCUT2D eigenvalue weighted by atomic mass is 10.3. The minimum atomic E-state index is -3.65. The highest BCUT2D eigenvalue weighted by molar-refractivity contribution is 9.10. The molecule has 1 rings (SSSR count). The molecule has 0 heterocycles. The molecule has 0 saturated heterocycles. The van der Waals surface area contributed by atoms with E-state index in [1.165, 1.54) is 12.1 Å². The molecule has 0 fully saturated rings. The number of hydrogen-bond acceptors (Lipinski definition) is 3. The molecule has 0 aliphatic heterocycles. The third-order valence-corrected chi connectivity index (χ3v) is 3.74. The first-order valence-corrected chi connectivity index (χ1v) is 6.40. The average Bonchev–Trinajstić information content (AvgIpc) is 2.19. The van der Waals surface area contributed by atoms with Crippen molar-refractivity contribution in [1.82, 2.24) is 4.72 Å². The van der Waals surface area contributed by atoms with E-state index >= 15 is 0 Å². The fourth-order valence-electron chi connectivity index (χ4n) is 0.921. The molecule has 3 N–H and O–H groups in total. The molecule has 0 spiro atoms. The number of nitrogens with two attached hydrogens (primary N) is 1. The van der Waals surface area contributed by atoms with Gasteiger partial charge >= 0.3 is 0 Å². The van der Waals surface area contributed by atoms with Gasteiger partial charge in [-0.1, -0.05) is 0 Å². The van der Waals surface area contributed by atoms with E-state index < -0.39 is 15.8 Å². The van der Waals surface area contributed by atoms with Gasteiger partial charge in [-0.2, -0.15) is 0 Å². The molecule has 0 aliphatic carbocycles. The summed E-state index contributed by atoms with van der Waals surface area (Å²) in [6, 6.07) is 3.60. The second-order valence-electron chi connectivity index (χ2n) is 2.76. The number of rotatable bonds is 4. The minimum Gasteiger partial charge on any atom is -0.329 e. The van der Waals surface area contributed by atoms with Gasteiger partial charge < -0.3 is 5.73 Å². The fourth-order valence-corrected chi connectivity index (χ4v) is 2.23. The molecule has 0 aliphatic rings. The highest BCUT2D eigenvalue weighted by atomic mass is 79.9. The van der Waals surface area contributed by atoms with Crippen LogP contribution in [0.4, 0.5) is 4.39 Å². The van der Waals surface area contributed by atoms with Crippen molar-refractivity contribution in [2.24, 2.45) is 5.73 Å². The predicted octanol–water partition coefficient (Wildman–Crippen LogP) is 1.25. The monoisotopic (exact) mass is 332 g/mol. The molecule has 0 radical (unpaired) electrons. The summed E-state index contributed by atoms with van der Waals surface area (Å²) in [6.07, 6.45) is 0. The van der Waals surface area contributed by atoms with Crippen LogP contribution in [0.5, 0.6) is 0 Å². The van der Waals surface area contributed by atoms with Gasteiger partial charge in [-0.3, -0.25) is 0 Å². The molecule has 0 aromatic heterocycles. The topological polar surface area (TPSA) is 72.2 Å². The van der Waals surface area contributed by atoms with Crippen molar-refractivity contribution in [1.29, 1.82) is 0 Å².